The Balaban J connectivity index is 4.87. The summed E-state index contributed by atoms with van der Waals surface area (Å²) >= 11 is 0. The van der Waals surface area contributed by atoms with Crippen LogP contribution in [0.1, 0.15) is 20.3 Å². The fourth-order valence-electron chi connectivity index (χ4n) is 0.895. The van der Waals surface area contributed by atoms with E-state index in [1.807, 2.05) is 0 Å². The van der Waals surface area contributed by atoms with Crippen molar-refractivity contribution in [2.24, 2.45) is 11.3 Å². The number of carboxylic acids is 2. The molecular weight excluding hydrogens is 176 g/mol. The van der Waals surface area contributed by atoms with Crippen molar-refractivity contribution in [2.75, 3.05) is 0 Å². The molecule has 0 aromatic rings. The SMILES string of the molecule is CC(C(=O)O)C(C)(CC=O)C(=O)O. The normalized spacial score (nSPS) is 17.1. The Hall–Kier alpha value is -1.39. The highest BCUT2D eigenvalue weighted by Gasteiger charge is 2.42. The van der Waals surface area contributed by atoms with E-state index < -0.39 is 23.3 Å². The summed E-state index contributed by atoms with van der Waals surface area (Å²) in [7, 11) is 0. The molecule has 5 heteroatoms. The number of aldehydes is 1. The van der Waals surface area contributed by atoms with Crippen molar-refractivity contribution in [3.8, 4) is 0 Å². The lowest BCUT2D eigenvalue weighted by Crippen LogP contribution is -2.39. The molecule has 0 radical (unpaired) electrons. The summed E-state index contributed by atoms with van der Waals surface area (Å²) in [6, 6.07) is 0. The van der Waals surface area contributed by atoms with Crippen LogP contribution in [-0.2, 0) is 14.4 Å². The van der Waals surface area contributed by atoms with Crippen LogP contribution in [0.5, 0.6) is 0 Å². The van der Waals surface area contributed by atoms with E-state index >= 15 is 0 Å². The zero-order chi connectivity index (χ0) is 10.6. The molecule has 13 heavy (non-hydrogen) atoms. The van der Waals surface area contributed by atoms with E-state index in [0.29, 0.717) is 6.29 Å². The van der Waals surface area contributed by atoms with Gasteiger partial charge in [0.2, 0.25) is 0 Å². The highest BCUT2D eigenvalue weighted by molar-refractivity contribution is 5.84. The van der Waals surface area contributed by atoms with Gasteiger partial charge < -0.3 is 15.0 Å². The van der Waals surface area contributed by atoms with Crippen molar-refractivity contribution in [3.63, 3.8) is 0 Å². The molecular formula is C8H12O5. The van der Waals surface area contributed by atoms with Gasteiger partial charge >= 0.3 is 11.9 Å². The van der Waals surface area contributed by atoms with Crippen LogP contribution in [0.4, 0.5) is 0 Å². The third-order valence-corrected chi connectivity index (χ3v) is 2.32. The number of carbonyl (C=O) groups is 3. The Morgan fingerprint density at radius 1 is 1.46 bits per heavy atom. The predicted octanol–water partition coefficient (Wildman–Crippen LogP) is 0.387. The quantitative estimate of drug-likeness (QED) is 0.609. The molecule has 5 nitrogen and oxygen atoms in total. The Kier molecular flexibility index (Phi) is 3.59. The molecule has 0 rings (SSSR count). The van der Waals surface area contributed by atoms with Crippen molar-refractivity contribution in [1.82, 2.24) is 0 Å². The van der Waals surface area contributed by atoms with Gasteiger partial charge in [0.1, 0.15) is 6.29 Å². The maximum Gasteiger partial charge on any atom is 0.310 e. The zero-order valence-electron chi connectivity index (χ0n) is 7.48. The number of hydrogen-bond donors (Lipinski definition) is 2. The lowest BCUT2D eigenvalue weighted by Gasteiger charge is -2.26. The molecule has 0 bridgehead atoms. The molecule has 0 amide bonds. The number of aliphatic carboxylic acids is 2. The standard InChI is InChI=1S/C8H12O5/c1-5(6(10)11)8(2,3-4-9)7(12)13/h4-5H,3H2,1-2H3,(H,10,11)(H,12,13). The van der Waals surface area contributed by atoms with E-state index in [9.17, 15) is 14.4 Å². The minimum atomic E-state index is -1.52. The van der Waals surface area contributed by atoms with Crippen LogP contribution in [0.3, 0.4) is 0 Å². The molecule has 0 aromatic heterocycles. The topological polar surface area (TPSA) is 91.7 Å². The van der Waals surface area contributed by atoms with E-state index in [2.05, 4.69) is 0 Å². The second kappa shape index (κ2) is 4.02. The Bertz CT molecular complexity index is 235. The van der Waals surface area contributed by atoms with Crippen LogP contribution < -0.4 is 0 Å². The average Bonchev–Trinajstić information content (AvgIpc) is 2.02. The Morgan fingerprint density at radius 2 is 1.92 bits per heavy atom. The Morgan fingerprint density at radius 3 is 2.15 bits per heavy atom. The molecule has 0 aliphatic heterocycles. The van der Waals surface area contributed by atoms with Crippen molar-refractivity contribution in [3.05, 3.63) is 0 Å². The summed E-state index contributed by atoms with van der Waals surface area (Å²) in [4.78, 5) is 31.5. The number of carboxylic acid groups (broad SMARTS) is 2. The largest absolute Gasteiger partial charge is 0.481 e. The zero-order valence-corrected chi connectivity index (χ0v) is 7.48. The Labute approximate surface area is 75.4 Å². The lowest BCUT2D eigenvalue weighted by atomic mass is 9.76. The molecule has 0 saturated heterocycles. The van der Waals surface area contributed by atoms with Crippen LogP contribution in [0.15, 0.2) is 0 Å². The fourth-order valence-corrected chi connectivity index (χ4v) is 0.895. The van der Waals surface area contributed by atoms with Crippen LogP contribution >= 0.6 is 0 Å². The van der Waals surface area contributed by atoms with Crippen LogP contribution in [-0.4, -0.2) is 28.4 Å². The highest BCUT2D eigenvalue weighted by Crippen LogP contribution is 2.30. The van der Waals surface area contributed by atoms with Crippen molar-refractivity contribution in [1.29, 1.82) is 0 Å². The molecule has 2 N–H and O–H groups in total. The predicted molar refractivity (Wildman–Crippen MR) is 43.2 cm³/mol. The summed E-state index contributed by atoms with van der Waals surface area (Å²) in [6.07, 6.45) is 0.128. The summed E-state index contributed by atoms with van der Waals surface area (Å²) in [5.41, 5.74) is -1.52. The molecule has 0 aliphatic carbocycles. The van der Waals surface area contributed by atoms with Gasteiger partial charge in [-0.2, -0.15) is 0 Å². The van der Waals surface area contributed by atoms with E-state index in [4.69, 9.17) is 10.2 Å². The minimum Gasteiger partial charge on any atom is -0.481 e. The molecule has 0 spiro atoms. The first-order valence-corrected chi connectivity index (χ1v) is 3.76. The van der Waals surface area contributed by atoms with Crippen molar-refractivity contribution < 1.29 is 24.6 Å². The van der Waals surface area contributed by atoms with Gasteiger partial charge in [-0.15, -0.1) is 0 Å². The van der Waals surface area contributed by atoms with Gasteiger partial charge in [-0.25, -0.2) is 0 Å². The summed E-state index contributed by atoms with van der Waals surface area (Å²) in [5.74, 6) is -3.57. The van der Waals surface area contributed by atoms with E-state index in [0.717, 1.165) is 0 Å². The van der Waals surface area contributed by atoms with Gasteiger partial charge in [-0.1, -0.05) is 6.92 Å². The van der Waals surface area contributed by atoms with Crippen molar-refractivity contribution in [2.45, 2.75) is 20.3 Å². The third-order valence-electron chi connectivity index (χ3n) is 2.32. The second-order valence-corrected chi connectivity index (χ2v) is 3.15. The van der Waals surface area contributed by atoms with E-state index in [1.54, 1.807) is 0 Å². The van der Waals surface area contributed by atoms with Gasteiger partial charge in [0, 0.05) is 6.42 Å². The van der Waals surface area contributed by atoms with Gasteiger partial charge in [0.25, 0.3) is 0 Å². The molecule has 0 aliphatic rings. The maximum absolute atomic E-state index is 10.7. The van der Waals surface area contributed by atoms with Crippen LogP contribution in [0.2, 0.25) is 0 Å². The monoisotopic (exact) mass is 188 g/mol. The van der Waals surface area contributed by atoms with Gasteiger partial charge in [0.05, 0.1) is 11.3 Å². The molecule has 0 heterocycles. The highest BCUT2D eigenvalue weighted by atomic mass is 16.4. The van der Waals surface area contributed by atoms with Gasteiger partial charge in [-0.3, -0.25) is 9.59 Å². The van der Waals surface area contributed by atoms with Crippen LogP contribution in [0.25, 0.3) is 0 Å². The van der Waals surface area contributed by atoms with Gasteiger partial charge in [0.15, 0.2) is 0 Å². The van der Waals surface area contributed by atoms with Crippen LogP contribution in [0, 0.1) is 11.3 Å². The number of rotatable bonds is 5. The molecule has 74 valence electrons. The third kappa shape index (κ3) is 2.27. The number of carbonyl (C=O) groups excluding carboxylic acids is 1. The molecule has 0 fully saturated rings. The number of hydrogen-bond acceptors (Lipinski definition) is 3. The fraction of sp³-hybridized carbons (Fsp3) is 0.625. The average molecular weight is 188 g/mol. The molecule has 0 aromatic carbocycles. The second-order valence-electron chi connectivity index (χ2n) is 3.15. The molecule has 2 unspecified atom stereocenters. The molecule has 2 atom stereocenters. The first kappa shape index (κ1) is 11.6. The van der Waals surface area contributed by atoms with Gasteiger partial charge in [-0.05, 0) is 6.92 Å². The minimum absolute atomic E-state index is 0.296. The summed E-state index contributed by atoms with van der Waals surface area (Å²) in [6.45, 7) is 2.53. The summed E-state index contributed by atoms with van der Waals surface area (Å²) in [5, 5.41) is 17.4. The molecule has 0 saturated carbocycles. The van der Waals surface area contributed by atoms with E-state index in [1.165, 1.54) is 13.8 Å². The first-order chi connectivity index (χ1) is 5.86. The van der Waals surface area contributed by atoms with E-state index in [-0.39, 0.29) is 6.42 Å². The summed E-state index contributed by atoms with van der Waals surface area (Å²) < 4.78 is 0. The van der Waals surface area contributed by atoms with Crippen molar-refractivity contribution >= 4 is 18.2 Å². The smallest absolute Gasteiger partial charge is 0.310 e. The first-order valence-electron chi connectivity index (χ1n) is 3.76. The lowest BCUT2D eigenvalue weighted by molar-refractivity contribution is -0.161. The maximum atomic E-state index is 10.7.